The highest BCUT2D eigenvalue weighted by Gasteiger charge is 2.04. The van der Waals surface area contributed by atoms with Crippen LogP contribution in [0, 0.1) is 12.3 Å². The quantitative estimate of drug-likeness (QED) is 0.446. The summed E-state index contributed by atoms with van der Waals surface area (Å²) in [4.78, 5) is 1.34. The standard InChI is InChI=1S/C15H21NS/c1-4-6-7-11-17-15-10-8-9-14(12-15)13(3)16-5-2/h1,8-10,12-13,16H,5-7,11H2,2-3H3. The highest BCUT2D eigenvalue weighted by Crippen LogP contribution is 2.23. The first-order valence-electron chi connectivity index (χ1n) is 6.17. The van der Waals surface area contributed by atoms with E-state index in [0.29, 0.717) is 6.04 Å². The molecule has 17 heavy (non-hydrogen) atoms. The zero-order valence-corrected chi connectivity index (χ0v) is 11.5. The number of unbranched alkanes of at least 4 members (excludes halogenated alkanes) is 1. The summed E-state index contributed by atoms with van der Waals surface area (Å²) in [6.07, 6.45) is 7.20. The molecule has 1 nitrogen and oxygen atoms in total. The van der Waals surface area contributed by atoms with E-state index >= 15 is 0 Å². The van der Waals surface area contributed by atoms with Gasteiger partial charge in [0.1, 0.15) is 0 Å². The third-order valence-electron chi connectivity index (χ3n) is 2.60. The molecule has 0 heterocycles. The van der Waals surface area contributed by atoms with E-state index in [-0.39, 0.29) is 0 Å². The molecule has 0 amide bonds. The Morgan fingerprint density at radius 3 is 3.00 bits per heavy atom. The molecule has 1 aromatic rings. The Labute approximate surface area is 109 Å². The van der Waals surface area contributed by atoms with Crippen LogP contribution in [0.3, 0.4) is 0 Å². The van der Waals surface area contributed by atoms with Crippen LogP contribution in [0.5, 0.6) is 0 Å². The molecule has 2 heteroatoms. The van der Waals surface area contributed by atoms with E-state index < -0.39 is 0 Å². The second kappa shape index (κ2) is 8.22. The average molecular weight is 247 g/mol. The molecule has 0 spiro atoms. The fraction of sp³-hybridized carbons (Fsp3) is 0.467. The lowest BCUT2D eigenvalue weighted by Gasteiger charge is -2.13. The summed E-state index contributed by atoms with van der Waals surface area (Å²) in [6.45, 7) is 5.33. The largest absolute Gasteiger partial charge is 0.310 e. The van der Waals surface area contributed by atoms with Crippen LogP contribution in [0.1, 0.15) is 38.3 Å². The first-order valence-corrected chi connectivity index (χ1v) is 7.16. The van der Waals surface area contributed by atoms with E-state index in [1.807, 2.05) is 11.8 Å². The van der Waals surface area contributed by atoms with E-state index in [1.165, 1.54) is 10.5 Å². The number of terminal acetylenes is 1. The summed E-state index contributed by atoms with van der Waals surface area (Å²) in [5, 5.41) is 3.43. The summed E-state index contributed by atoms with van der Waals surface area (Å²) < 4.78 is 0. The number of nitrogens with one attached hydrogen (secondary N) is 1. The van der Waals surface area contributed by atoms with Crippen molar-refractivity contribution in [3.63, 3.8) is 0 Å². The van der Waals surface area contributed by atoms with Gasteiger partial charge < -0.3 is 5.32 Å². The van der Waals surface area contributed by atoms with Crippen LogP contribution in [0.4, 0.5) is 0 Å². The van der Waals surface area contributed by atoms with Crippen LogP contribution in [0.15, 0.2) is 29.2 Å². The average Bonchev–Trinajstić information content (AvgIpc) is 2.35. The molecule has 92 valence electrons. The maximum absolute atomic E-state index is 5.24. The molecule has 1 atom stereocenters. The smallest absolute Gasteiger partial charge is 0.0292 e. The van der Waals surface area contributed by atoms with Gasteiger partial charge in [0.15, 0.2) is 0 Å². The lowest BCUT2D eigenvalue weighted by Crippen LogP contribution is -2.17. The van der Waals surface area contributed by atoms with E-state index in [0.717, 1.165) is 25.1 Å². The number of hydrogen-bond donors (Lipinski definition) is 1. The molecule has 1 rings (SSSR count). The molecule has 0 aliphatic rings. The predicted octanol–water partition coefficient (Wildman–Crippen LogP) is 3.86. The fourth-order valence-corrected chi connectivity index (χ4v) is 2.58. The number of rotatable bonds is 7. The Morgan fingerprint density at radius 1 is 1.47 bits per heavy atom. The molecule has 0 aromatic heterocycles. The molecular formula is C15H21NS. The van der Waals surface area contributed by atoms with Crippen LogP contribution in [0.25, 0.3) is 0 Å². The van der Waals surface area contributed by atoms with Crippen molar-refractivity contribution in [2.75, 3.05) is 12.3 Å². The highest BCUT2D eigenvalue weighted by atomic mass is 32.2. The number of benzene rings is 1. The predicted molar refractivity (Wildman–Crippen MR) is 77.3 cm³/mol. The van der Waals surface area contributed by atoms with Crippen LogP contribution in [0.2, 0.25) is 0 Å². The Balaban J connectivity index is 2.51. The molecule has 0 saturated carbocycles. The maximum Gasteiger partial charge on any atom is 0.0292 e. The number of thioether (sulfide) groups is 1. The minimum atomic E-state index is 0.422. The summed E-state index contributed by atoms with van der Waals surface area (Å²) in [5.74, 6) is 3.78. The first-order chi connectivity index (χ1) is 8.27. The minimum absolute atomic E-state index is 0.422. The molecule has 0 fully saturated rings. The molecule has 0 saturated heterocycles. The summed E-state index contributed by atoms with van der Waals surface area (Å²) in [5.41, 5.74) is 1.36. The Hall–Kier alpha value is -0.910. The van der Waals surface area contributed by atoms with E-state index in [2.05, 4.69) is 49.4 Å². The second-order valence-corrected chi connectivity index (χ2v) is 5.18. The van der Waals surface area contributed by atoms with Crippen molar-refractivity contribution in [1.29, 1.82) is 0 Å². The first kappa shape index (κ1) is 14.2. The van der Waals surface area contributed by atoms with Crippen LogP contribution in [-0.2, 0) is 0 Å². The third kappa shape index (κ3) is 5.30. The minimum Gasteiger partial charge on any atom is -0.310 e. The zero-order valence-electron chi connectivity index (χ0n) is 10.7. The molecule has 0 aliphatic carbocycles. The molecule has 1 unspecified atom stereocenters. The van der Waals surface area contributed by atoms with Crippen LogP contribution in [-0.4, -0.2) is 12.3 Å². The molecule has 0 aliphatic heterocycles. The third-order valence-corrected chi connectivity index (χ3v) is 3.68. The van der Waals surface area contributed by atoms with E-state index in [4.69, 9.17) is 6.42 Å². The molecular weight excluding hydrogens is 226 g/mol. The van der Waals surface area contributed by atoms with Gasteiger partial charge in [0.05, 0.1) is 0 Å². The second-order valence-electron chi connectivity index (χ2n) is 4.01. The van der Waals surface area contributed by atoms with Gasteiger partial charge in [-0.15, -0.1) is 24.1 Å². The molecule has 0 radical (unpaired) electrons. The van der Waals surface area contributed by atoms with Gasteiger partial charge in [-0.1, -0.05) is 19.1 Å². The van der Waals surface area contributed by atoms with Crippen molar-refractivity contribution in [1.82, 2.24) is 5.32 Å². The van der Waals surface area contributed by atoms with Gasteiger partial charge in [-0.25, -0.2) is 0 Å². The zero-order chi connectivity index (χ0) is 12.5. The van der Waals surface area contributed by atoms with Gasteiger partial charge in [0.25, 0.3) is 0 Å². The Kier molecular flexibility index (Phi) is 6.84. The summed E-state index contributed by atoms with van der Waals surface area (Å²) in [6, 6.07) is 9.17. The molecule has 1 N–H and O–H groups in total. The monoisotopic (exact) mass is 247 g/mol. The molecule has 1 aromatic carbocycles. The van der Waals surface area contributed by atoms with Gasteiger partial charge in [0, 0.05) is 17.4 Å². The van der Waals surface area contributed by atoms with Gasteiger partial charge in [-0.3, -0.25) is 0 Å². The van der Waals surface area contributed by atoms with E-state index in [9.17, 15) is 0 Å². The van der Waals surface area contributed by atoms with Gasteiger partial charge >= 0.3 is 0 Å². The van der Waals surface area contributed by atoms with Crippen molar-refractivity contribution in [3.8, 4) is 12.3 Å². The maximum atomic E-state index is 5.24. The van der Waals surface area contributed by atoms with Gasteiger partial charge in [-0.05, 0) is 43.3 Å². The SMILES string of the molecule is C#CCCCSc1cccc(C(C)NCC)c1. The van der Waals surface area contributed by atoms with Gasteiger partial charge in [-0.2, -0.15) is 0 Å². The lowest BCUT2D eigenvalue weighted by atomic mass is 10.1. The van der Waals surface area contributed by atoms with Crippen molar-refractivity contribution < 1.29 is 0 Å². The summed E-state index contributed by atoms with van der Waals surface area (Å²) in [7, 11) is 0. The Bertz CT molecular complexity index is 367. The van der Waals surface area contributed by atoms with Crippen molar-refractivity contribution in [2.45, 2.75) is 37.6 Å². The normalized spacial score (nSPS) is 12.1. The van der Waals surface area contributed by atoms with Crippen molar-refractivity contribution in [2.24, 2.45) is 0 Å². The highest BCUT2D eigenvalue weighted by molar-refractivity contribution is 7.99. The Morgan fingerprint density at radius 2 is 2.29 bits per heavy atom. The van der Waals surface area contributed by atoms with Crippen molar-refractivity contribution >= 4 is 11.8 Å². The topological polar surface area (TPSA) is 12.0 Å². The van der Waals surface area contributed by atoms with Crippen LogP contribution < -0.4 is 5.32 Å². The van der Waals surface area contributed by atoms with Crippen molar-refractivity contribution in [3.05, 3.63) is 29.8 Å². The fourth-order valence-electron chi connectivity index (χ4n) is 1.66. The number of hydrogen-bond acceptors (Lipinski definition) is 2. The van der Waals surface area contributed by atoms with Gasteiger partial charge in [0.2, 0.25) is 0 Å². The lowest BCUT2D eigenvalue weighted by molar-refractivity contribution is 0.597. The summed E-state index contributed by atoms with van der Waals surface area (Å²) >= 11 is 1.89. The molecule has 0 bridgehead atoms. The van der Waals surface area contributed by atoms with Crippen LogP contribution >= 0.6 is 11.8 Å². The van der Waals surface area contributed by atoms with E-state index in [1.54, 1.807) is 0 Å².